The van der Waals surface area contributed by atoms with Crippen LogP contribution in [0.15, 0.2) is 12.3 Å². The minimum atomic E-state index is 0.274. The highest BCUT2D eigenvalue weighted by atomic mass is 127. The molecule has 0 aromatic rings. The van der Waals surface area contributed by atoms with Gasteiger partial charge in [0.05, 0.1) is 9.97 Å². The first-order valence-electron chi connectivity index (χ1n) is 2.92. The monoisotopic (exact) mass is 235 g/mol. The zero-order valence-corrected chi connectivity index (χ0v) is 6.91. The quantitative estimate of drug-likeness (QED) is 0.347. The predicted octanol–water partition coefficient (Wildman–Crippen LogP) is 0.918. The summed E-state index contributed by atoms with van der Waals surface area (Å²) in [6.07, 6.45) is 4.73. The van der Waals surface area contributed by atoms with Gasteiger partial charge in [0.2, 0.25) is 5.91 Å². The van der Waals surface area contributed by atoms with Crippen molar-refractivity contribution >= 4 is 28.5 Å². The number of halogens is 1. The second kappa shape index (κ2) is 1.71. The lowest BCUT2D eigenvalue weighted by atomic mass is 10.0. The Labute approximate surface area is 67.0 Å². The van der Waals surface area contributed by atoms with E-state index in [4.69, 9.17) is 0 Å². The molecule has 1 unspecified atom stereocenters. The van der Waals surface area contributed by atoms with Gasteiger partial charge in [0.15, 0.2) is 0 Å². The van der Waals surface area contributed by atoms with Crippen LogP contribution in [0.3, 0.4) is 0 Å². The Kier molecular flexibility index (Phi) is 1.09. The molecular weight excluding hydrogens is 229 g/mol. The first kappa shape index (κ1) is 5.70. The molecule has 0 N–H and O–H groups in total. The van der Waals surface area contributed by atoms with Crippen LogP contribution in [0.25, 0.3) is 0 Å². The maximum absolute atomic E-state index is 10.7. The van der Waals surface area contributed by atoms with E-state index < -0.39 is 0 Å². The van der Waals surface area contributed by atoms with Gasteiger partial charge in [-0.15, -0.1) is 0 Å². The Morgan fingerprint density at radius 1 is 1.78 bits per heavy atom. The third kappa shape index (κ3) is 0.639. The van der Waals surface area contributed by atoms with Crippen LogP contribution in [-0.4, -0.2) is 20.8 Å². The van der Waals surface area contributed by atoms with Gasteiger partial charge in [0.25, 0.3) is 0 Å². The fourth-order valence-electron chi connectivity index (χ4n) is 1.22. The van der Waals surface area contributed by atoms with Crippen molar-refractivity contribution in [3.05, 3.63) is 12.3 Å². The van der Waals surface area contributed by atoms with Crippen molar-refractivity contribution in [1.82, 2.24) is 4.90 Å². The largest absolute Gasteiger partial charge is 0.314 e. The summed E-state index contributed by atoms with van der Waals surface area (Å²) in [5.41, 5.74) is 0. The van der Waals surface area contributed by atoms with Gasteiger partial charge in [0.1, 0.15) is 0 Å². The number of amides is 1. The molecule has 0 aliphatic carbocycles. The van der Waals surface area contributed by atoms with Crippen LogP contribution >= 0.6 is 22.6 Å². The highest BCUT2D eigenvalue weighted by Crippen LogP contribution is 2.32. The first-order valence-corrected chi connectivity index (χ1v) is 4.17. The van der Waals surface area contributed by atoms with E-state index in [-0.39, 0.29) is 5.91 Å². The van der Waals surface area contributed by atoms with Crippen molar-refractivity contribution < 1.29 is 4.79 Å². The molecule has 0 spiro atoms. The fourth-order valence-corrected chi connectivity index (χ4v) is 2.00. The zero-order chi connectivity index (χ0) is 6.43. The summed E-state index contributed by atoms with van der Waals surface area (Å²) in [5.74, 6) is 0.274. The summed E-state index contributed by atoms with van der Waals surface area (Å²) in [6.45, 7) is 0. The van der Waals surface area contributed by atoms with Crippen LogP contribution in [0.5, 0.6) is 0 Å². The molecule has 2 heterocycles. The lowest BCUT2D eigenvalue weighted by molar-refractivity contribution is -0.139. The number of rotatable bonds is 0. The molecule has 0 radical (unpaired) electrons. The fraction of sp³-hybridized carbons (Fsp3) is 0.500. The first-order chi connectivity index (χ1) is 4.29. The molecule has 0 aromatic carbocycles. The molecule has 9 heavy (non-hydrogen) atoms. The van der Waals surface area contributed by atoms with E-state index in [0.29, 0.717) is 9.97 Å². The molecule has 48 valence electrons. The second-order valence-electron chi connectivity index (χ2n) is 2.36. The molecule has 2 atom stereocenters. The van der Waals surface area contributed by atoms with Crippen LogP contribution < -0.4 is 0 Å². The van der Waals surface area contributed by atoms with Gasteiger partial charge in [0, 0.05) is 12.6 Å². The molecule has 2 aliphatic heterocycles. The van der Waals surface area contributed by atoms with Crippen molar-refractivity contribution in [1.29, 1.82) is 0 Å². The van der Waals surface area contributed by atoms with Crippen LogP contribution in [0.2, 0.25) is 0 Å². The van der Waals surface area contributed by atoms with E-state index >= 15 is 0 Å². The van der Waals surface area contributed by atoms with Crippen LogP contribution in [0.4, 0.5) is 0 Å². The van der Waals surface area contributed by atoms with E-state index in [0.717, 1.165) is 6.42 Å². The van der Waals surface area contributed by atoms with E-state index in [1.807, 2.05) is 11.1 Å². The number of hydrogen-bond donors (Lipinski definition) is 0. The average molecular weight is 235 g/mol. The van der Waals surface area contributed by atoms with Gasteiger partial charge in [-0.1, -0.05) is 28.7 Å². The number of fused-ring (bicyclic) bond motifs is 1. The lowest BCUT2D eigenvalue weighted by Crippen LogP contribution is -2.49. The molecule has 2 nitrogen and oxygen atoms in total. The Balaban J connectivity index is 2.19. The minimum absolute atomic E-state index is 0.274. The van der Waals surface area contributed by atoms with Gasteiger partial charge in [-0.05, 0) is 0 Å². The number of carbonyl (C=O) groups excluding carboxylic acids is 1. The summed E-state index contributed by atoms with van der Waals surface area (Å²) in [7, 11) is 0. The minimum Gasteiger partial charge on any atom is -0.314 e. The number of hydrogen-bond acceptors (Lipinski definition) is 1. The number of carbonyl (C=O) groups is 1. The highest BCUT2D eigenvalue weighted by molar-refractivity contribution is 14.1. The standard InChI is InChI=1S/C6H6INO/c7-4-1-2-8-5(4)3-6(8)9/h1-2,4-5H,3H2/t4?,5-/m0/s1. The van der Waals surface area contributed by atoms with Crippen molar-refractivity contribution in [2.75, 3.05) is 0 Å². The average Bonchev–Trinajstić information content (AvgIpc) is 2.07. The summed E-state index contributed by atoms with van der Waals surface area (Å²) < 4.78 is 0.556. The van der Waals surface area contributed by atoms with Crippen LogP contribution in [-0.2, 0) is 4.79 Å². The SMILES string of the molecule is O=C1C[C@H]2C(I)C=CN12. The molecule has 2 aliphatic rings. The smallest absolute Gasteiger partial charge is 0.228 e. The van der Waals surface area contributed by atoms with Crippen molar-refractivity contribution in [3.63, 3.8) is 0 Å². The zero-order valence-electron chi connectivity index (χ0n) is 4.75. The van der Waals surface area contributed by atoms with Crippen LogP contribution in [0, 0.1) is 0 Å². The molecular formula is C6H6INO. The Morgan fingerprint density at radius 3 is 3.00 bits per heavy atom. The van der Waals surface area contributed by atoms with Crippen LogP contribution in [0.1, 0.15) is 6.42 Å². The molecule has 0 saturated carbocycles. The van der Waals surface area contributed by atoms with Crippen molar-refractivity contribution in [3.8, 4) is 0 Å². The highest BCUT2D eigenvalue weighted by Gasteiger charge is 2.41. The lowest BCUT2D eigenvalue weighted by Gasteiger charge is -2.34. The Morgan fingerprint density at radius 2 is 2.56 bits per heavy atom. The Hall–Kier alpha value is -0.0600. The molecule has 2 rings (SSSR count). The van der Waals surface area contributed by atoms with Gasteiger partial charge in [-0.2, -0.15) is 0 Å². The summed E-state index contributed by atoms with van der Waals surface area (Å²) in [5, 5.41) is 0. The third-order valence-electron chi connectivity index (χ3n) is 1.83. The second-order valence-corrected chi connectivity index (χ2v) is 3.80. The molecule has 3 heteroatoms. The van der Waals surface area contributed by atoms with E-state index in [2.05, 4.69) is 28.7 Å². The van der Waals surface area contributed by atoms with Gasteiger partial charge in [-0.3, -0.25) is 4.79 Å². The molecule has 1 amide bonds. The number of alkyl halides is 1. The maximum Gasteiger partial charge on any atom is 0.228 e. The molecule has 1 saturated heterocycles. The number of nitrogens with zero attached hydrogens (tertiary/aromatic N) is 1. The van der Waals surface area contributed by atoms with Crippen molar-refractivity contribution in [2.45, 2.75) is 16.4 Å². The number of β-lactam (4-membered cyclic amide) rings is 1. The van der Waals surface area contributed by atoms with E-state index in [9.17, 15) is 4.79 Å². The van der Waals surface area contributed by atoms with Gasteiger partial charge in [-0.25, -0.2) is 0 Å². The predicted molar refractivity (Wildman–Crippen MR) is 42.2 cm³/mol. The maximum atomic E-state index is 10.7. The van der Waals surface area contributed by atoms with E-state index in [1.54, 1.807) is 0 Å². The van der Waals surface area contributed by atoms with E-state index in [1.165, 1.54) is 0 Å². The van der Waals surface area contributed by atoms with Crippen molar-refractivity contribution in [2.24, 2.45) is 0 Å². The summed E-state index contributed by atoms with van der Waals surface area (Å²) in [4.78, 5) is 12.5. The molecule has 0 bridgehead atoms. The normalized spacial score (nSPS) is 38.8. The van der Waals surface area contributed by atoms with Gasteiger partial charge < -0.3 is 4.90 Å². The summed E-state index contributed by atoms with van der Waals surface area (Å²) >= 11 is 2.35. The summed E-state index contributed by atoms with van der Waals surface area (Å²) in [6, 6.07) is 0.498. The third-order valence-corrected chi connectivity index (χ3v) is 3.07. The molecule has 1 fully saturated rings. The van der Waals surface area contributed by atoms with Gasteiger partial charge >= 0.3 is 0 Å². The topological polar surface area (TPSA) is 20.3 Å². The molecule has 0 aromatic heterocycles. The Bertz CT molecular complexity index is 189.